The Kier molecular flexibility index (Phi) is 5.59. The van der Waals surface area contributed by atoms with Crippen molar-refractivity contribution in [3.63, 3.8) is 0 Å². The molecule has 3 rings (SSSR count). The van der Waals surface area contributed by atoms with E-state index >= 15 is 0 Å². The molecule has 9 heteroatoms. The van der Waals surface area contributed by atoms with Crippen LogP contribution in [0.3, 0.4) is 0 Å². The highest BCUT2D eigenvalue weighted by Crippen LogP contribution is 2.25. The van der Waals surface area contributed by atoms with E-state index < -0.39 is 10.0 Å². The molecular weight excluding hydrogens is 372 g/mol. The first-order chi connectivity index (χ1) is 12.3. The zero-order valence-corrected chi connectivity index (χ0v) is 16.4. The number of benzene rings is 1. The summed E-state index contributed by atoms with van der Waals surface area (Å²) in [5.41, 5.74) is 6.81. The Morgan fingerprint density at radius 1 is 1.23 bits per heavy atom. The summed E-state index contributed by atoms with van der Waals surface area (Å²) in [6.07, 6.45) is 0. The standard InChI is InChI=1S/C17H22N4O3S2/c1-21(2)10-13-4-5-14(24-13)11-25-8-7-19-17-15-9-12(18)3-6-16(15)26(22,23)20-17/h3-6,9H,7-8,10-11,18H2,1-2H3,(H,19,20). The summed E-state index contributed by atoms with van der Waals surface area (Å²) in [5, 5.41) is 0. The lowest BCUT2D eigenvalue weighted by atomic mass is 10.2. The summed E-state index contributed by atoms with van der Waals surface area (Å²) in [5.74, 6) is 3.75. The molecule has 26 heavy (non-hydrogen) atoms. The number of rotatable bonds is 7. The zero-order valence-electron chi connectivity index (χ0n) is 14.7. The van der Waals surface area contributed by atoms with Gasteiger partial charge >= 0.3 is 0 Å². The molecule has 0 aliphatic carbocycles. The number of aliphatic imine (C=N–C) groups is 1. The number of fused-ring (bicyclic) bond motifs is 1. The van der Waals surface area contributed by atoms with Crippen LogP contribution in [0.2, 0.25) is 0 Å². The molecule has 0 saturated heterocycles. The van der Waals surface area contributed by atoms with Gasteiger partial charge in [0.2, 0.25) is 0 Å². The van der Waals surface area contributed by atoms with E-state index in [1.165, 1.54) is 6.07 Å². The van der Waals surface area contributed by atoms with E-state index in [-0.39, 0.29) is 4.90 Å². The SMILES string of the molecule is CN(C)Cc1ccc(CSCCN=C2NS(=O)(=O)c3ccc(N)cc32)o1. The van der Waals surface area contributed by atoms with Gasteiger partial charge in [-0.2, -0.15) is 11.8 Å². The van der Waals surface area contributed by atoms with E-state index in [0.29, 0.717) is 23.6 Å². The topological polar surface area (TPSA) is 101 Å². The van der Waals surface area contributed by atoms with Crippen molar-refractivity contribution < 1.29 is 12.8 Å². The Labute approximate surface area is 157 Å². The van der Waals surface area contributed by atoms with Gasteiger partial charge in [0.1, 0.15) is 17.4 Å². The van der Waals surface area contributed by atoms with Crippen molar-refractivity contribution in [2.45, 2.75) is 17.2 Å². The van der Waals surface area contributed by atoms with Crippen LogP contribution in [-0.4, -0.2) is 45.5 Å². The summed E-state index contributed by atoms with van der Waals surface area (Å²) in [7, 11) is 0.472. The van der Waals surface area contributed by atoms with Crippen molar-refractivity contribution in [3.05, 3.63) is 47.4 Å². The lowest BCUT2D eigenvalue weighted by Gasteiger charge is -2.05. The Morgan fingerprint density at radius 2 is 2.00 bits per heavy atom. The predicted molar refractivity (Wildman–Crippen MR) is 105 cm³/mol. The molecule has 7 nitrogen and oxygen atoms in total. The number of amidine groups is 1. The van der Waals surface area contributed by atoms with Gasteiger partial charge in [-0.1, -0.05) is 0 Å². The molecule has 0 unspecified atom stereocenters. The van der Waals surface area contributed by atoms with E-state index in [2.05, 4.69) is 14.6 Å². The Balaban J connectivity index is 1.54. The number of nitrogen functional groups attached to an aromatic ring is 1. The van der Waals surface area contributed by atoms with Gasteiger partial charge in [-0.05, 0) is 44.4 Å². The van der Waals surface area contributed by atoms with Crippen molar-refractivity contribution in [1.29, 1.82) is 0 Å². The molecule has 3 N–H and O–H groups in total. The monoisotopic (exact) mass is 394 g/mol. The summed E-state index contributed by atoms with van der Waals surface area (Å²) < 4.78 is 32.4. The van der Waals surface area contributed by atoms with E-state index in [4.69, 9.17) is 10.2 Å². The maximum absolute atomic E-state index is 12.1. The molecule has 1 aliphatic rings. The molecule has 1 aromatic carbocycles. The van der Waals surface area contributed by atoms with Gasteiger partial charge in [0.05, 0.1) is 23.7 Å². The van der Waals surface area contributed by atoms with Gasteiger partial charge in [-0.15, -0.1) is 0 Å². The van der Waals surface area contributed by atoms with Crippen LogP contribution in [0.15, 0.2) is 44.6 Å². The number of thioether (sulfide) groups is 1. The maximum atomic E-state index is 12.1. The molecule has 0 fully saturated rings. The number of nitrogens with zero attached hydrogens (tertiary/aromatic N) is 2. The van der Waals surface area contributed by atoms with E-state index in [1.54, 1.807) is 23.9 Å². The molecule has 0 saturated carbocycles. The van der Waals surface area contributed by atoms with Crippen LogP contribution in [0.1, 0.15) is 17.1 Å². The first-order valence-corrected chi connectivity index (χ1v) is 10.8. The normalized spacial score (nSPS) is 16.8. The fourth-order valence-electron chi connectivity index (χ4n) is 2.61. The third-order valence-electron chi connectivity index (χ3n) is 3.72. The average molecular weight is 395 g/mol. The highest BCUT2D eigenvalue weighted by Gasteiger charge is 2.30. The van der Waals surface area contributed by atoms with Crippen LogP contribution in [0.25, 0.3) is 0 Å². The summed E-state index contributed by atoms with van der Waals surface area (Å²) >= 11 is 1.69. The highest BCUT2D eigenvalue weighted by atomic mass is 32.2. The number of nitrogens with one attached hydrogen (secondary N) is 1. The molecule has 0 atom stereocenters. The van der Waals surface area contributed by atoms with Crippen LogP contribution in [0, 0.1) is 0 Å². The van der Waals surface area contributed by atoms with E-state index in [0.717, 1.165) is 29.6 Å². The van der Waals surface area contributed by atoms with Crippen LogP contribution < -0.4 is 10.5 Å². The van der Waals surface area contributed by atoms with Gasteiger partial charge in [0.25, 0.3) is 10.0 Å². The minimum absolute atomic E-state index is 0.224. The van der Waals surface area contributed by atoms with Gasteiger partial charge in [-0.25, -0.2) is 8.42 Å². The van der Waals surface area contributed by atoms with Gasteiger partial charge in [0.15, 0.2) is 0 Å². The Morgan fingerprint density at radius 3 is 2.77 bits per heavy atom. The molecule has 140 valence electrons. The molecule has 0 radical (unpaired) electrons. The smallest absolute Gasteiger partial charge is 0.263 e. The summed E-state index contributed by atoms with van der Waals surface area (Å²) in [6.45, 7) is 1.28. The average Bonchev–Trinajstić information content (AvgIpc) is 3.09. The van der Waals surface area contributed by atoms with Crippen LogP contribution in [0.4, 0.5) is 5.69 Å². The fourth-order valence-corrected chi connectivity index (χ4v) is 4.57. The van der Waals surface area contributed by atoms with Crippen molar-refractivity contribution in [3.8, 4) is 0 Å². The van der Waals surface area contributed by atoms with Gasteiger partial charge in [-0.3, -0.25) is 9.71 Å². The minimum atomic E-state index is -3.53. The summed E-state index contributed by atoms with van der Waals surface area (Å²) in [4.78, 5) is 6.67. The molecule has 0 spiro atoms. The molecule has 1 aliphatic heterocycles. The van der Waals surface area contributed by atoms with Crippen molar-refractivity contribution >= 4 is 33.3 Å². The first-order valence-electron chi connectivity index (χ1n) is 8.12. The predicted octanol–water partition coefficient (Wildman–Crippen LogP) is 1.90. The molecule has 2 aromatic rings. The quantitative estimate of drug-likeness (QED) is 0.549. The van der Waals surface area contributed by atoms with Crippen LogP contribution in [-0.2, 0) is 22.3 Å². The second kappa shape index (κ2) is 7.73. The largest absolute Gasteiger partial charge is 0.464 e. The fraction of sp³-hybridized carbons (Fsp3) is 0.353. The summed E-state index contributed by atoms with van der Waals surface area (Å²) in [6, 6.07) is 8.69. The van der Waals surface area contributed by atoms with Gasteiger partial charge < -0.3 is 15.1 Å². The molecule has 2 heterocycles. The third kappa shape index (κ3) is 4.40. The number of anilines is 1. The molecule has 1 aromatic heterocycles. The number of nitrogens with two attached hydrogens (primary N) is 1. The van der Waals surface area contributed by atoms with Crippen LogP contribution in [0.5, 0.6) is 0 Å². The highest BCUT2D eigenvalue weighted by molar-refractivity contribution is 7.98. The molecule has 0 amide bonds. The number of hydrogen-bond donors (Lipinski definition) is 2. The lowest BCUT2D eigenvalue weighted by Crippen LogP contribution is -2.22. The molecule has 0 bridgehead atoms. The molecular formula is C17H22N4O3S2. The Bertz CT molecular complexity index is 920. The Hall–Kier alpha value is -1.97. The number of hydrogen-bond acceptors (Lipinski definition) is 7. The van der Waals surface area contributed by atoms with E-state index in [1.807, 2.05) is 26.2 Å². The van der Waals surface area contributed by atoms with Crippen LogP contribution >= 0.6 is 11.8 Å². The van der Waals surface area contributed by atoms with Crippen molar-refractivity contribution in [1.82, 2.24) is 9.62 Å². The minimum Gasteiger partial charge on any atom is -0.464 e. The number of sulfonamides is 1. The van der Waals surface area contributed by atoms with Crippen molar-refractivity contribution in [2.75, 3.05) is 32.1 Å². The second-order valence-corrected chi connectivity index (χ2v) is 9.01. The van der Waals surface area contributed by atoms with Gasteiger partial charge in [0, 0.05) is 17.0 Å². The lowest BCUT2D eigenvalue weighted by molar-refractivity contribution is 0.344. The zero-order chi connectivity index (χ0) is 18.7. The second-order valence-electron chi connectivity index (χ2n) is 6.25. The third-order valence-corrected chi connectivity index (χ3v) is 6.08. The van der Waals surface area contributed by atoms with Crippen molar-refractivity contribution in [2.24, 2.45) is 4.99 Å². The first kappa shape index (κ1) is 18.8. The van der Waals surface area contributed by atoms with E-state index in [9.17, 15) is 8.42 Å². The number of furan rings is 1. The maximum Gasteiger partial charge on any atom is 0.263 e.